The monoisotopic (exact) mass is 618 g/mol. The normalized spacial score (nSPS) is 14.5. The van der Waals surface area contributed by atoms with Gasteiger partial charge in [0, 0.05) is 10.0 Å². The van der Waals surface area contributed by atoms with Crippen LogP contribution in [0.1, 0.15) is 31.4 Å². The predicted molar refractivity (Wildman–Crippen MR) is 142 cm³/mol. The zero-order chi connectivity index (χ0) is 26.2. The first-order chi connectivity index (χ1) is 17.3. The maximum atomic E-state index is 13.3. The highest BCUT2D eigenvalue weighted by atomic mass is 79.9. The van der Waals surface area contributed by atoms with Crippen molar-refractivity contribution in [2.45, 2.75) is 26.8 Å². The molecule has 2 aromatic rings. The molecule has 0 radical (unpaired) electrons. The molecule has 2 aromatic carbocycles. The van der Waals surface area contributed by atoms with E-state index < -0.39 is 17.8 Å². The Morgan fingerprint density at radius 1 is 1.06 bits per heavy atom. The smallest absolute Gasteiger partial charge is 0.331 e. The van der Waals surface area contributed by atoms with Crippen molar-refractivity contribution in [2.75, 3.05) is 19.8 Å². The molecule has 1 heterocycles. The number of ether oxygens (including phenoxy) is 3. The van der Waals surface area contributed by atoms with Crippen LogP contribution in [0, 0.1) is 12.3 Å². The lowest BCUT2D eigenvalue weighted by molar-refractivity contribution is -0.130. The second-order valence-electron chi connectivity index (χ2n) is 7.57. The summed E-state index contributed by atoms with van der Waals surface area (Å²) in [6, 6.07) is 7.80. The maximum absolute atomic E-state index is 13.3. The molecule has 4 amide bonds. The summed E-state index contributed by atoms with van der Waals surface area (Å²) in [5, 5.41) is 2.23. The van der Waals surface area contributed by atoms with Gasteiger partial charge in [0.25, 0.3) is 11.8 Å². The van der Waals surface area contributed by atoms with Crippen LogP contribution in [0.15, 0.2) is 44.9 Å². The minimum atomic E-state index is -0.814. The van der Waals surface area contributed by atoms with Crippen molar-refractivity contribution in [1.82, 2.24) is 10.2 Å². The number of barbiturate groups is 1. The number of carbonyl (C=O) groups excluding carboxylic acids is 3. The van der Waals surface area contributed by atoms with Gasteiger partial charge in [0.15, 0.2) is 11.5 Å². The van der Waals surface area contributed by atoms with E-state index in [-0.39, 0.29) is 18.7 Å². The lowest BCUT2D eigenvalue weighted by Crippen LogP contribution is -2.53. The number of imide groups is 2. The highest BCUT2D eigenvalue weighted by Crippen LogP contribution is 2.35. The summed E-state index contributed by atoms with van der Waals surface area (Å²) < 4.78 is 18.2. The van der Waals surface area contributed by atoms with Crippen LogP contribution in [0.5, 0.6) is 17.2 Å². The zero-order valence-electron chi connectivity index (χ0n) is 19.7. The van der Waals surface area contributed by atoms with Crippen molar-refractivity contribution in [2.24, 2.45) is 0 Å². The molecule has 0 unspecified atom stereocenters. The summed E-state index contributed by atoms with van der Waals surface area (Å²) in [6.45, 7) is 4.71. The van der Waals surface area contributed by atoms with Crippen LogP contribution in [0.4, 0.5) is 4.79 Å². The van der Waals surface area contributed by atoms with E-state index in [0.29, 0.717) is 50.5 Å². The molecular formula is C26H24Br2N2O6. The number of amides is 4. The van der Waals surface area contributed by atoms with Gasteiger partial charge in [-0.1, -0.05) is 34.8 Å². The molecule has 0 atom stereocenters. The number of rotatable bonds is 10. The van der Waals surface area contributed by atoms with Crippen LogP contribution >= 0.6 is 31.9 Å². The molecule has 0 spiro atoms. The molecule has 0 aromatic heterocycles. The Morgan fingerprint density at radius 2 is 1.83 bits per heavy atom. The number of terminal acetylenes is 1. The Hall–Kier alpha value is -3.29. The molecule has 3 rings (SSSR count). The summed E-state index contributed by atoms with van der Waals surface area (Å²) >= 11 is 6.79. The fourth-order valence-electron chi connectivity index (χ4n) is 3.38. The first kappa shape index (κ1) is 27.3. The summed E-state index contributed by atoms with van der Waals surface area (Å²) in [6.07, 6.45) is 7.51. The molecule has 8 nitrogen and oxygen atoms in total. The highest BCUT2D eigenvalue weighted by Gasteiger charge is 2.36. The third-order valence-electron chi connectivity index (χ3n) is 4.93. The van der Waals surface area contributed by atoms with Crippen LogP contribution < -0.4 is 19.5 Å². The number of nitrogens with one attached hydrogen (secondary N) is 1. The van der Waals surface area contributed by atoms with Gasteiger partial charge >= 0.3 is 6.03 Å². The Morgan fingerprint density at radius 3 is 2.53 bits per heavy atom. The highest BCUT2D eigenvalue weighted by molar-refractivity contribution is 9.11. The largest absolute Gasteiger partial charge is 0.490 e. The van der Waals surface area contributed by atoms with Crippen molar-refractivity contribution in [3.63, 3.8) is 0 Å². The van der Waals surface area contributed by atoms with E-state index in [9.17, 15) is 14.4 Å². The molecule has 0 bridgehead atoms. The van der Waals surface area contributed by atoms with Gasteiger partial charge in [-0.15, -0.1) is 6.42 Å². The van der Waals surface area contributed by atoms with Crippen LogP contribution in [0.3, 0.4) is 0 Å². The lowest BCUT2D eigenvalue weighted by atomic mass is 10.1. The molecule has 36 heavy (non-hydrogen) atoms. The van der Waals surface area contributed by atoms with Gasteiger partial charge in [-0.05, 0) is 65.2 Å². The van der Waals surface area contributed by atoms with Crippen molar-refractivity contribution >= 4 is 55.8 Å². The standard InChI is InChI=1S/C26H24Br2N2O6/c1-4-9-35-21-8-7-16(11-22(21)34-6-3)15-30-25(32)19(24(31)29-26(30)33)13-17-12-18(27)14-20(28)23(17)36-10-5-2/h2,7-8,11-14H,4,6,9-10,15H2,1,3H3,(H,29,31,33)/b19-13+. The Balaban J connectivity index is 1.94. The summed E-state index contributed by atoms with van der Waals surface area (Å²) in [4.78, 5) is 39.4. The molecule has 0 aliphatic carbocycles. The first-order valence-electron chi connectivity index (χ1n) is 11.1. The third-order valence-corrected chi connectivity index (χ3v) is 5.98. The average molecular weight is 620 g/mol. The van der Waals surface area contributed by atoms with E-state index in [1.165, 1.54) is 6.08 Å². The quantitative estimate of drug-likeness (QED) is 0.227. The molecule has 1 N–H and O–H groups in total. The minimum Gasteiger partial charge on any atom is -0.490 e. The second kappa shape index (κ2) is 12.6. The van der Waals surface area contributed by atoms with Gasteiger partial charge in [-0.25, -0.2) is 4.79 Å². The number of benzene rings is 2. The van der Waals surface area contributed by atoms with Crippen molar-refractivity contribution in [3.05, 3.63) is 56.0 Å². The van der Waals surface area contributed by atoms with Crippen LogP contribution in [0.25, 0.3) is 6.08 Å². The number of hydrogen-bond acceptors (Lipinski definition) is 6. The van der Waals surface area contributed by atoms with Gasteiger partial charge in [0.1, 0.15) is 17.9 Å². The number of halogens is 2. The molecule has 0 saturated carbocycles. The van der Waals surface area contributed by atoms with E-state index in [4.69, 9.17) is 20.6 Å². The zero-order valence-corrected chi connectivity index (χ0v) is 22.9. The lowest BCUT2D eigenvalue weighted by Gasteiger charge is -2.27. The van der Waals surface area contributed by atoms with E-state index in [2.05, 4.69) is 43.1 Å². The van der Waals surface area contributed by atoms with Crippen molar-refractivity contribution in [3.8, 4) is 29.6 Å². The fraction of sp³-hybridized carbons (Fsp3) is 0.269. The first-order valence-corrected chi connectivity index (χ1v) is 12.7. The van der Waals surface area contributed by atoms with Crippen LogP contribution in [0.2, 0.25) is 0 Å². The molecule has 188 valence electrons. The molecule has 10 heteroatoms. The SMILES string of the molecule is C#CCOc1c(Br)cc(Br)cc1/C=C1\C(=O)NC(=O)N(Cc2ccc(OCCC)c(OCC)c2)C1=O. The number of hydrogen-bond donors (Lipinski definition) is 1. The fourth-order valence-corrected chi connectivity index (χ4v) is 4.75. The van der Waals surface area contributed by atoms with E-state index in [1.807, 2.05) is 13.8 Å². The van der Waals surface area contributed by atoms with E-state index >= 15 is 0 Å². The maximum Gasteiger partial charge on any atom is 0.331 e. The average Bonchev–Trinajstić information content (AvgIpc) is 2.83. The molecule has 1 saturated heterocycles. The Kier molecular flexibility index (Phi) is 9.56. The van der Waals surface area contributed by atoms with E-state index in [0.717, 1.165) is 11.3 Å². The summed E-state index contributed by atoms with van der Waals surface area (Å²) in [7, 11) is 0. The summed E-state index contributed by atoms with van der Waals surface area (Å²) in [5.41, 5.74) is 0.830. The molecule has 1 aliphatic rings. The molecule has 1 aliphatic heterocycles. The Bertz CT molecular complexity index is 1250. The minimum absolute atomic E-state index is 0.0126. The van der Waals surface area contributed by atoms with Gasteiger partial charge in [-0.3, -0.25) is 19.8 Å². The van der Waals surface area contributed by atoms with Gasteiger partial charge in [0.05, 0.1) is 24.2 Å². The third kappa shape index (κ3) is 6.47. The van der Waals surface area contributed by atoms with Crippen molar-refractivity contribution in [1.29, 1.82) is 0 Å². The van der Waals surface area contributed by atoms with Crippen LogP contribution in [-0.2, 0) is 16.1 Å². The van der Waals surface area contributed by atoms with Gasteiger partial charge in [-0.2, -0.15) is 0 Å². The van der Waals surface area contributed by atoms with Crippen LogP contribution in [-0.4, -0.2) is 42.6 Å². The second-order valence-corrected chi connectivity index (χ2v) is 9.34. The number of urea groups is 1. The predicted octanol–water partition coefficient (Wildman–Crippen LogP) is 5.07. The number of nitrogens with zero attached hydrogens (tertiary/aromatic N) is 1. The number of carbonyl (C=O) groups is 3. The van der Waals surface area contributed by atoms with Gasteiger partial charge < -0.3 is 14.2 Å². The van der Waals surface area contributed by atoms with E-state index in [1.54, 1.807) is 30.3 Å². The summed E-state index contributed by atoms with van der Waals surface area (Å²) in [5.74, 6) is 2.27. The molecular weight excluding hydrogens is 596 g/mol. The Labute approximate surface area is 226 Å². The van der Waals surface area contributed by atoms with Gasteiger partial charge in [0.2, 0.25) is 0 Å². The topological polar surface area (TPSA) is 94.2 Å². The molecule has 1 fully saturated rings. The van der Waals surface area contributed by atoms with Crippen molar-refractivity contribution < 1.29 is 28.6 Å².